The van der Waals surface area contributed by atoms with Crippen molar-refractivity contribution in [1.82, 2.24) is 9.80 Å². The van der Waals surface area contributed by atoms with Crippen LogP contribution in [0.5, 0.6) is 0 Å². The Balaban J connectivity index is 1.59. The molecule has 1 unspecified atom stereocenters. The van der Waals surface area contributed by atoms with Gasteiger partial charge in [0.15, 0.2) is 0 Å². The zero-order valence-corrected chi connectivity index (χ0v) is 11.9. The van der Waals surface area contributed by atoms with Gasteiger partial charge >= 0.3 is 5.97 Å². The fraction of sp³-hybridized carbons (Fsp3) is 0.857. The number of carboxylic acids is 1. The Hall–Kier alpha value is -1.14. The van der Waals surface area contributed by atoms with E-state index in [1.165, 1.54) is 0 Å². The monoisotopic (exact) mass is 284 g/mol. The molecular weight excluding hydrogens is 260 g/mol. The van der Waals surface area contributed by atoms with Gasteiger partial charge in [-0.15, -0.1) is 0 Å². The number of likely N-dealkylation sites (tertiary alicyclic amines) is 1. The van der Waals surface area contributed by atoms with Crippen molar-refractivity contribution in [3.63, 3.8) is 0 Å². The van der Waals surface area contributed by atoms with Crippen LogP contribution in [-0.2, 0) is 14.3 Å². The highest BCUT2D eigenvalue weighted by molar-refractivity contribution is 5.76. The van der Waals surface area contributed by atoms with Crippen LogP contribution in [0.1, 0.15) is 25.7 Å². The van der Waals surface area contributed by atoms with Crippen LogP contribution in [0.4, 0.5) is 0 Å². The van der Waals surface area contributed by atoms with Gasteiger partial charge < -0.3 is 19.6 Å². The highest BCUT2D eigenvalue weighted by Crippen LogP contribution is 2.19. The van der Waals surface area contributed by atoms with Crippen LogP contribution in [0.2, 0.25) is 0 Å². The first kappa shape index (κ1) is 15.3. The molecule has 2 fully saturated rings. The summed E-state index contributed by atoms with van der Waals surface area (Å²) in [5.41, 5.74) is 0. The summed E-state index contributed by atoms with van der Waals surface area (Å²) in [6, 6.07) is 0. The topological polar surface area (TPSA) is 70.1 Å². The second kappa shape index (κ2) is 7.59. The summed E-state index contributed by atoms with van der Waals surface area (Å²) in [4.78, 5) is 26.8. The Morgan fingerprint density at radius 3 is 2.65 bits per heavy atom. The van der Waals surface area contributed by atoms with E-state index in [-0.39, 0.29) is 18.2 Å². The molecule has 1 N–H and O–H groups in total. The number of rotatable bonds is 6. The molecule has 2 aliphatic rings. The first-order valence-electron chi connectivity index (χ1n) is 7.45. The fourth-order valence-electron chi connectivity index (χ4n) is 2.95. The number of ether oxygens (including phenoxy) is 1. The van der Waals surface area contributed by atoms with E-state index in [4.69, 9.17) is 9.84 Å². The molecule has 2 rings (SSSR count). The summed E-state index contributed by atoms with van der Waals surface area (Å²) in [6.07, 6.45) is 2.67. The molecule has 2 heterocycles. The number of carbonyl (C=O) groups excluding carboxylic acids is 1. The van der Waals surface area contributed by atoms with E-state index in [0.717, 1.165) is 32.5 Å². The van der Waals surface area contributed by atoms with Crippen molar-refractivity contribution in [3.8, 4) is 0 Å². The predicted molar refractivity (Wildman–Crippen MR) is 73.4 cm³/mol. The van der Waals surface area contributed by atoms with Gasteiger partial charge in [-0.25, -0.2) is 0 Å². The van der Waals surface area contributed by atoms with Gasteiger partial charge in [-0.3, -0.25) is 9.59 Å². The second-order valence-corrected chi connectivity index (χ2v) is 5.65. The van der Waals surface area contributed by atoms with Crippen molar-refractivity contribution in [2.75, 3.05) is 45.9 Å². The van der Waals surface area contributed by atoms with Crippen LogP contribution >= 0.6 is 0 Å². The number of nitrogens with zero attached hydrogens (tertiary/aromatic N) is 2. The SMILES string of the molecule is O=C(O)CC1CCN(CCCC(=O)N2CCOCC2)C1. The van der Waals surface area contributed by atoms with Crippen LogP contribution in [0.3, 0.4) is 0 Å². The molecule has 1 atom stereocenters. The first-order valence-corrected chi connectivity index (χ1v) is 7.45. The van der Waals surface area contributed by atoms with Gasteiger partial charge in [-0.05, 0) is 31.8 Å². The standard InChI is InChI=1S/C14H24N2O4/c17-13(16-6-8-20-9-7-16)2-1-4-15-5-3-12(11-15)10-14(18)19/h12H,1-11H2,(H,18,19). The van der Waals surface area contributed by atoms with E-state index in [1.54, 1.807) is 0 Å². The lowest BCUT2D eigenvalue weighted by molar-refractivity contribution is -0.138. The van der Waals surface area contributed by atoms with Crippen molar-refractivity contribution in [2.45, 2.75) is 25.7 Å². The smallest absolute Gasteiger partial charge is 0.303 e. The molecule has 0 bridgehead atoms. The molecule has 0 radical (unpaired) electrons. The Kier molecular flexibility index (Phi) is 5.79. The normalized spacial score (nSPS) is 24.0. The van der Waals surface area contributed by atoms with Gasteiger partial charge in [0.1, 0.15) is 0 Å². The molecule has 2 aliphatic heterocycles. The first-order chi connectivity index (χ1) is 9.65. The number of carbonyl (C=O) groups is 2. The molecule has 0 aromatic rings. The van der Waals surface area contributed by atoms with E-state index in [1.807, 2.05) is 4.90 Å². The number of hydrogen-bond acceptors (Lipinski definition) is 4. The van der Waals surface area contributed by atoms with E-state index in [2.05, 4.69) is 4.90 Å². The largest absolute Gasteiger partial charge is 0.481 e. The lowest BCUT2D eigenvalue weighted by Crippen LogP contribution is -2.40. The summed E-state index contributed by atoms with van der Waals surface area (Å²) in [6.45, 7) is 5.43. The van der Waals surface area contributed by atoms with Gasteiger partial charge in [-0.1, -0.05) is 0 Å². The molecule has 0 aromatic heterocycles. The van der Waals surface area contributed by atoms with E-state index >= 15 is 0 Å². The number of hydrogen-bond donors (Lipinski definition) is 1. The molecule has 20 heavy (non-hydrogen) atoms. The summed E-state index contributed by atoms with van der Waals surface area (Å²) in [5.74, 6) is -0.212. The Morgan fingerprint density at radius 2 is 1.95 bits per heavy atom. The molecule has 2 saturated heterocycles. The number of amides is 1. The molecule has 0 aliphatic carbocycles. The minimum Gasteiger partial charge on any atom is -0.481 e. The molecule has 0 saturated carbocycles. The van der Waals surface area contributed by atoms with Gasteiger partial charge in [-0.2, -0.15) is 0 Å². The number of morpholine rings is 1. The Bertz CT molecular complexity index is 342. The molecule has 0 spiro atoms. The maximum Gasteiger partial charge on any atom is 0.303 e. The van der Waals surface area contributed by atoms with Gasteiger partial charge in [0.2, 0.25) is 5.91 Å². The third kappa shape index (κ3) is 4.76. The highest BCUT2D eigenvalue weighted by Gasteiger charge is 2.24. The van der Waals surface area contributed by atoms with Crippen molar-refractivity contribution in [3.05, 3.63) is 0 Å². The maximum atomic E-state index is 12.0. The van der Waals surface area contributed by atoms with Crippen molar-refractivity contribution >= 4 is 11.9 Å². The minimum absolute atomic E-state index is 0.217. The van der Waals surface area contributed by atoms with E-state index in [9.17, 15) is 9.59 Å². The molecule has 6 heteroatoms. The number of aliphatic carboxylic acids is 1. The fourth-order valence-corrected chi connectivity index (χ4v) is 2.95. The summed E-state index contributed by atoms with van der Waals surface area (Å²) < 4.78 is 5.23. The summed E-state index contributed by atoms with van der Waals surface area (Å²) in [7, 11) is 0. The van der Waals surface area contributed by atoms with Crippen LogP contribution in [0, 0.1) is 5.92 Å². The highest BCUT2D eigenvalue weighted by atomic mass is 16.5. The third-order valence-corrected chi connectivity index (χ3v) is 4.06. The lowest BCUT2D eigenvalue weighted by atomic mass is 10.1. The maximum absolute atomic E-state index is 12.0. The van der Waals surface area contributed by atoms with Crippen molar-refractivity contribution in [2.24, 2.45) is 5.92 Å². The third-order valence-electron chi connectivity index (χ3n) is 4.06. The van der Waals surface area contributed by atoms with Gasteiger partial charge in [0.05, 0.1) is 13.2 Å². The van der Waals surface area contributed by atoms with Crippen LogP contribution in [0.25, 0.3) is 0 Å². The molecular formula is C14H24N2O4. The molecule has 6 nitrogen and oxygen atoms in total. The summed E-state index contributed by atoms with van der Waals surface area (Å²) >= 11 is 0. The van der Waals surface area contributed by atoms with Crippen molar-refractivity contribution in [1.29, 1.82) is 0 Å². The van der Waals surface area contributed by atoms with Crippen LogP contribution in [0.15, 0.2) is 0 Å². The average Bonchev–Trinajstić information content (AvgIpc) is 2.86. The zero-order valence-electron chi connectivity index (χ0n) is 11.9. The Morgan fingerprint density at radius 1 is 1.20 bits per heavy atom. The van der Waals surface area contributed by atoms with Crippen LogP contribution in [-0.4, -0.2) is 72.7 Å². The molecule has 0 aromatic carbocycles. The predicted octanol–water partition coefficient (Wildman–Crippen LogP) is 0.422. The lowest BCUT2D eigenvalue weighted by Gasteiger charge is -2.27. The van der Waals surface area contributed by atoms with E-state index < -0.39 is 5.97 Å². The second-order valence-electron chi connectivity index (χ2n) is 5.65. The van der Waals surface area contributed by atoms with Gasteiger partial charge in [0, 0.05) is 32.5 Å². The minimum atomic E-state index is -0.709. The summed E-state index contributed by atoms with van der Waals surface area (Å²) in [5, 5.41) is 8.77. The Labute approximate surface area is 119 Å². The number of carboxylic acid groups (broad SMARTS) is 1. The average molecular weight is 284 g/mol. The quantitative estimate of drug-likeness (QED) is 0.765. The van der Waals surface area contributed by atoms with Crippen molar-refractivity contribution < 1.29 is 19.4 Å². The van der Waals surface area contributed by atoms with E-state index in [0.29, 0.717) is 32.7 Å². The zero-order chi connectivity index (χ0) is 14.4. The van der Waals surface area contributed by atoms with Crippen LogP contribution < -0.4 is 0 Å². The molecule has 114 valence electrons. The molecule has 1 amide bonds. The van der Waals surface area contributed by atoms with Gasteiger partial charge in [0.25, 0.3) is 0 Å².